The molecule has 2 N–H and O–H groups in total. The number of hydrogen-bond acceptors (Lipinski definition) is 5. The van der Waals surface area contributed by atoms with E-state index in [1.54, 1.807) is 24.4 Å². The summed E-state index contributed by atoms with van der Waals surface area (Å²) in [7, 11) is 0. The van der Waals surface area contributed by atoms with E-state index in [0.29, 0.717) is 31.9 Å². The number of phenolic OH excluding ortho intramolecular Hbond substituents is 1. The number of halogens is 1. The van der Waals surface area contributed by atoms with Gasteiger partial charge in [-0.2, -0.15) is 5.10 Å². The Labute approximate surface area is 189 Å². The van der Waals surface area contributed by atoms with Crippen molar-refractivity contribution < 1.29 is 24.5 Å². The Kier molecular flexibility index (Phi) is 5.57. The van der Waals surface area contributed by atoms with Crippen LogP contribution in [0.25, 0.3) is 22.0 Å². The number of aromatic nitrogens is 2. The number of ether oxygens (including phenoxy) is 2. The number of benzene rings is 2. The third-order valence-corrected chi connectivity index (χ3v) is 6.40. The van der Waals surface area contributed by atoms with Crippen molar-refractivity contribution in [1.29, 1.82) is 0 Å². The molecule has 0 aliphatic carbocycles. The van der Waals surface area contributed by atoms with Gasteiger partial charge in [0.15, 0.2) is 6.23 Å². The molecule has 32 heavy (non-hydrogen) atoms. The van der Waals surface area contributed by atoms with Crippen molar-refractivity contribution in [2.45, 2.75) is 38.0 Å². The lowest BCUT2D eigenvalue weighted by atomic mass is 10.0. The smallest absolute Gasteiger partial charge is 0.407 e. The second-order valence-electron chi connectivity index (χ2n) is 8.24. The summed E-state index contributed by atoms with van der Waals surface area (Å²) in [5.74, 6) is 0.661. The molecule has 2 aromatic carbocycles. The molecule has 0 spiro atoms. The molecule has 2 atom stereocenters. The largest absolute Gasteiger partial charge is 0.506 e. The van der Waals surface area contributed by atoms with Crippen LogP contribution in [-0.4, -0.2) is 56.8 Å². The van der Waals surface area contributed by atoms with Crippen molar-refractivity contribution in [3.8, 4) is 22.6 Å². The van der Waals surface area contributed by atoms with Gasteiger partial charge < -0.3 is 24.6 Å². The Morgan fingerprint density at radius 2 is 2.06 bits per heavy atom. The minimum absolute atomic E-state index is 0.0216. The predicted molar refractivity (Wildman–Crippen MR) is 119 cm³/mol. The number of nitrogens with zero attached hydrogens (tertiary/aromatic N) is 3. The van der Waals surface area contributed by atoms with E-state index >= 15 is 0 Å². The molecule has 0 radical (unpaired) electrons. The maximum absolute atomic E-state index is 11.3. The van der Waals surface area contributed by atoms with Crippen LogP contribution in [0.2, 0.25) is 5.02 Å². The first-order valence-corrected chi connectivity index (χ1v) is 11.1. The number of carbonyl (C=O) groups is 1. The number of carboxylic acid groups (broad SMARTS) is 1. The lowest BCUT2D eigenvalue weighted by Crippen LogP contribution is -2.29. The molecule has 2 fully saturated rings. The summed E-state index contributed by atoms with van der Waals surface area (Å²) in [6.07, 6.45) is 4.11. The van der Waals surface area contributed by atoms with Gasteiger partial charge in [-0.3, -0.25) is 0 Å². The van der Waals surface area contributed by atoms with Crippen molar-refractivity contribution in [2.24, 2.45) is 0 Å². The number of rotatable bonds is 4. The molecule has 0 bridgehead atoms. The summed E-state index contributed by atoms with van der Waals surface area (Å²) in [5, 5.41) is 24.8. The molecule has 1 amide bonds. The highest BCUT2D eigenvalue weighted by Gasteiger charge is 2.28. The normalized spacial score (nSPS) is 21.2. The highest BCUT2D eigenvalue weighted by molar-refractivity contribution is 6.32. The first-order valence-electron chi connectivity index (χ1n) is 10.8. The number of hydrogen-bond donors (Lipinski definition) is 2. The minimum atomic E-state index is -0.934. The van der Waals surface area contributed by atoms with Gasteiger partial charge in [-0.15, -0.1) is 0 Å². The first kappa shape index (κ1) is 20.9. The Hall–Kier alpha value is -2.97. The fourth-order valence-electron chi connectivity index (χ4n) is 4.39. The average molecular weight is 458 g/mol. The molecule has 1 aromatic heterocycles. The standard InChI is InChI=1S/C23H24ClN3O5/c24-18-9-14(4-5-20(18)28)15-10-19-17(12-25-27(19)22-3-1-2-8-31-22)21(11-15)32-16-6-7-26(13-16)23(29)30/h4-5,9-12,16,22,28H,1-3,6-8,13H2,(H,29,30)/t16-,22?/m0/s1. The molecule has 8 nitrogen and oxygen atoms in total. The number of likely N-dealkylation sites (tertiary alicyclic amines) is 1. The molecule has 2 aliphatic heterocycles. The van der Waals surface area contributed by atoms with Crippen LogP contribution < -0.4 is 4.74 Å². The van der Waals surface area contributed by atoms with Gasteiger partial charge in [0, 0.05) is 19.6 Å². The third-order valence-electron chi connectivity index (χ3n) is 6.10. The van der Waals surface area contributed by atoms with Gasteiger partial charge in [0.25, 0.3) is 0 Å². The number of aromatic hydroxyl groups is 1. The molecular weight excluding hydrogens is 434 g/mol. The Morgan fingerprint density at radius 1 is 1.19 bits per heavy atom. The fraction of sp³-hybridized carbons (Fsp3) is 0.391. The van der Waals surface area contributed by atoms with E-state index < -0.39 is 6.09 Å². The second kappa shape index (κ2) is 8.52. The number of amides is 1. The van der Waals surface area contributed by atoms with Crippen LogP contribution in [0.15, 0.2) is 36.5 Å². The van der Waals surface area contributed by atoms with Crippen LogP contribution >= 0.6 is 11.6 Å². The summed E-state index contributed by atoms with van der Waals surface area (Å²) in [6.45, 7) is 1.48. The van der Waals surface area contributed by atoms with E-state index in [0.717, 1.165) is 41.3 Å². The highest BCUT2D eigenvalue weighted by atomic mass is 35.5. The molecule has 2 aliphatic rings. The highest BCUT2D eigenvalue weighted by Crippen LogP contribution is 2.38. The summed E-state index contributed by atoms with van der Waals surface area (Å²) in [5.41, 5.74) is 2.57. The average Bonchev–Trinajstić information content (AvgIpc) is 3.44. The molecule has 0 saturated carbocycles. The molecule has 3 aromatic rings. The topological polar surface area (TPSA) is 97.0 Å². The van der Waals surface area contributed by atoms with Crippen LogP contribution in [-0.2, 0) is 4.74 Å². The monoisotopic (exact) mass is 457 g/mol. The Morgan fingerprint density at radius 3 is 2.78 bits per heavy atom. The summed E-state index contributed by atoms with van der Waals surface area (Å²) in [6, 6.07) is 9.01. The predicted octanol–water partition coefficient (Wildman–Crippen LogP) is 4.89. The maximum atomic E-state index is 11.3. The van der Waals surface area contributed by atoms with E-state index in [1.807, 2.05) is 16.8 Å². The summed E-state index contributed by atoms with van der Waals surface area (Å²) in [4.78, 5) is 12.7. The fourth-order valence-corrected chi connectivity index (χ4v) is 4.57. The molecule has 9 heteroatoms. The van der Waals surface area contributed by atoms with E-state index in [4.69, 9.17) is 21.1 Å². The van der Waals surface area contributed by atoms with Gasteiger partial charge in [-0.25, -0.2) is 9.48 Å². The Balaban J connectivity index is 1.57. The van der Waals surface area contributed by atoms with Gasteiger partial charge in [0.1, 0.15) is 17.6 Å². The van der Waals surface area contributed by atoms with Crippen LogP contribution in [0.5, 0.6) is 11.5 Å². The number of fused-ring (bicyclic) bond motifs is 1. The summed E-state index contributed by atoms with van der Waals surface area (Å²) >= 11 is 6.16. The maximum Gasteiger partial charge on any atom is 0.407 e. The summed E-state index contributed by atoms with van der Waals surface area (Å²) < 4.78 is 14.2. The molecule has 1 unspecified atom stereocenters. The van der Waals surface area contributed by atoms with Crippen molar-refractivity contribution in [1.82, 2.24) is 14.7 Å². The van der Waals surface area contributed by atoms with Crippen LogP contribution in [0.3, 0.4) is 0 Å². The minimum Gasteiger partial charge on any atom is -0.506 e. The molecule has 2 saturated heterocycles. The zero-order chi connectivity index (χ0) is 22.2. The van der Waals surface area contributed by atoms with Gasteiger partial charge in [0.2, 0.25) is 0 Å². The molecule has 3 heterocycles. The quantitative estimate of drug-likeness (QED) is 0.578. The Bertz CT molecular complexity index is 1160. The van der Waals surface area contributed by atoms with E-state index in [2.05, 4.69) is 5.10 Å². The molecule has 5 rings (SSSR count). The molecular formula is C23H24ClN3O5. The zero-order valence-corrected chi connectivity index (χ0v) is 18.2. The van der Waals surface area contributed by atoms with Crippen LogP contribution in [0.4, 0.5) is 4.79 Å². The lowest BCUT2D eigenvalue weighted by molar-refractivity contribution is -0.0366. The zero-order valence-electron chi connectivity index (χ0n) is 17.4. The van der Waals surface area contributed by atoms with Gasteiger partial charge >= 0.3 is 6.09 Å². The van der Waals surface area contributed by atoms with E-state index in [-0.39, 0.29) is 23.1 Å². The van der Waals surface area contributed by atoms with Crippen LogP contribution in [0, 0.1) is 0 Å². The lowest BCUT2D eigenvalue weighted by Gasteiger charge is -2.24. The second-order valence-corrected chi connectivity index (χ2v) is 8.65. The van der Waals surface area contributed by atoms with Gasteiger partial charge in [0.05, 0.1) is 28.7 Å². The van der Waals surface area contributed by atoms with Gasteiger partial charge in [-0.05, 0) is 54.7 Å². The molecule has 168 valence electrons. The van der Waals surface area contributed by atoms with Crippen LogP contribution in [0.1, 0.15) is 31.9 Å². The van der Waals surface area contributed by atoms with Crippen molar-refractivity contribution in [3.05, 3.63) is 41.6 Å². The van der Waals surface area contributed by atoms with E-state index in [9.17, 15) is 15.0 Å². The van der Waals surface area contributed by atoms with Gasteiger partial charge in [-0.1, -0.05) is 17.7 Å². The van der Waals surface area contributed by atoms with E-state index in [1.165, 1.54) is 4.90 Å². The number of phenols is 1. The third kappa shape index (κ3) is 3.96. The van der Waals surface area contributed by atoms with Crippen molar-refractivity contribution >= 4 is 28.6 Å². The van der Waals surface area contributed by atoms with Crippen molar-refractivity contribution in [2.75, 3.05) is 19.7 Å². The first-order chi connectivity index (χ1) is 15.5. The van der Waals surface area contributed by atoms with Crippen molar-refractivity contribution in [3.63, 3.8) is 0 Å². The SMILES string of the molecule is O=C(O)N1CC[C@H](Oc2cc(-c3ccc(O)c(Cl)c3)cc3c2cnn3C2CCCCO2)C1.